The molecule has 1 N–H and O–H groups in total. The van der Waals surface area contributed by atoms with Gasteiger partial charge in [-0.3, -0.25) is 9.59 Å². The summed E-state index contributed by atoms with van der Waals surface area (Å²) in [7, 11) is 0. The fraction of sp³-hybridized carbons (Fsp3) is 0.833. The van der Waals surface area contributed by atoms with Crippen LogP contribution < -0.4 is 5.32 Å². The molecule has 0 unspecified atom stereocenters. The lowest BCUT2D eigenvalue weighted by atomic mass is 10.2. The Labute approximate surface area is 113 Å². The maximum Gasteiger partial charge on any atom is 0.224 e. The van der Waals surface area contributed by atoms with Gasteiger partial charge in [0.05, 0.1) is 13.2 Å². The van der Waals surface area contributed by atoms with E-state index in [4.69, 9.17) is 16.3 Å². The van der Waals surface area contributed by atoms with Crippen molar-refractivity contribution in [2.24, 2.45) is 0 Å². The number of halogens is 1. The third-order valence-corrected chi connectivity index (χ3v) is 3.08. The summed E-state index contributed by atoms with van der Waals surface area (Å²) in [5, 5.41) is 2.75. The Morgan fingerprint density at radius 1 is 1.17 bits per heavy atom. The smallest absolute Gasteiger partial charge is 0.224 e. The number of nitrogens with one attached hydrogen (secondary N) is 1. The van der Waals surface area contributed by atoms with Crippen LogP contribution in [0.4, 0.5) is 0 Å². The third-order valence-electron chi connectivity index (χ3n) is 2.81. The van der Waals surface area contributed by atoms with Gasteiger partial charge in [-0.2, -0.15) is 0 Å². The van der Waals surface area contributed by atoms with Gasteiger partial charge in [-0.1, -0.05) is 0 Å². The number of nitrogens with zero attached hydrogens (tertiary/aromatic N) is 1. The number of carbonyl (C=O) groups is 2. The Bertz CT molecular complexity index is 268. The second kappa shape index (κ2) is 9.16. The first-order valence-electron chi connectivity index (χ1n) is 6.42. The number of carbonyl (C=O) groups excluding carboxylic acids is 2. The molecule has 1 rings (SSSR count). The molecule has 1 heterocycles. The average Bonchev–Trinajstić information content (AvgIpc) is 2.40. The summed E-state index contributed by atoms with van der Waals surface area (Å²) in [6, 6.07) is 0. The van der Waals surface area contributed by atoms with Crippen molar-refractivity contribution in [1.82, 2.24) is 10.2 Å². The van der Waals surface area contributed by atoms with Crippen molar-refractivity contribution in [3.8, 4) is 0 Å². The van der Waals surface area contributed by atoms with Gasteiger partial charge in [-0.25, -0.2) is 0 Å². The van der Waals surface area contributed by atoms with E-state index >= 15 is 0 Å². The van der Waals surface area contributed by atoms with Crippen molar-refractivity contribution in [2.45, 2.75) is 25.7 Å². The van der Waals surface area contributed by atoms with Crippen LogP contribution in [0.1, 0.15) is 25.7 Å². The number of ether oxygens (including phenoxy) is 1. The number of alkyl halides is 1. The number of amides is 2. The van der Waals surface area contributed by atoms with Crippen LogP contribution in [-0.4, -0.2) is 55.4 Å². The number of hydrogen-bond acceptors (Lipinski definition) is 3. The Morgan fingerprint density at radius 2 is 1.89 bits per heavy atom. The molecule has 1 aliphatic rings. The van der Waals surface area contributed by atoms with Crippen LogP contribution in [0.15, 0.2) is 0 Å². The molecule has 1 saturated heterocycles. The minimum Gasteiger partial charge on any atom is -0.378 e. The molecule has 0 radical (unpaired) electrons. The molecular formula is C12H21ClN2O3. The van der Waals surface area contributed by atoms with Gasteiger partial charge < -0.3 is 15.0 Å². The number of rotatable bonds is 7. The fourth-order valence-electron chi connectivity index (χ4n) is 1.75. The normalized spacial score (nSPS) is 15.5. The van der Waals surface area contributed by atoms with Gasteiger partial charge in [0.2, 0.25) is 11.8 Å². The minimum atomic E-state index is -0.00473. The van der Waals surface area contributed by atoms with Crippen LogP contribution >= 0.6 is 11.6 Å². The molecule has 2 amide bonds. The van der Waals surface area contributed by atoms with E-state index in [-0.39, 0.29) is 11.8 Å². The van der Waals surface area contributed by atoms with Crippen LogP contribution in [0.5, 0.6) is 0 Å². The zero-order chi connectivity index (χ0) is 13.2. The molecular weight excluding hydrogens is 256 g/mol. The predicted octanol–water partition coefficient (Wildman–Crippen LogP) is 0.761. The second-order valence-corrected chi connectivity index (χ2v) is 4.62. The number of hydrogen-bond donors (Lipinski definition) is 1. The maximum atomic E-state index is 11.7. The minimum absolute atomic E-state index is 0.00473. The summed E-state index contributed by atoms with van der Waals surface area (Å²) in [4.78, 5) is 24.9. The molecule has 0 bridgehead atoms. The molecule has 0 saturated carbocycles. The van der Waals surface area contributed by atoms with E-state index in [0.29, 0.717) is 51.6 Å². The molecule has 0 aliphatic carbocycles. The molecule has 104 valence electrons. The lowest BCUT2D eigenvalue weighted by molar-refractivity contribution is -0.135. The summed E-state index contributed by atoms with van der Waals surface area (Å²) < 4.78 is 5.17. The Morgan fingerprint density at radius 3 is 2.56 bits per heavy atom. The van der Waals surface area contributed by atoms with Crippen LogP contribution in [0.3, 0.4) is 0 Å². The zero-order valence-corrected chi connectivity index (χ0v) is 11.4. The van der Waals surface area contributed by atoms with Gasteiger partial charge in [-0.15, -0.1) is 11.6 Å². The van der Waals surface area contributed by atoms with Crippen LogP contribution in [0.25, 0.3) is 0 Å². The monoisotopic (exact) mass is 276 g/mol. The van der Waals surface area contributed by atoms with E-state index in [9.17, 15) is 9.59 Å². The van der Waals surface area contributed by atoms with Crippen molar-refractivity contribution < 1.29 is 14.3 Å². The summed E-state index contributed by atoms with van der Waals surface area (Å²) in [5.41, 5.74) is 0. The van der Waals surface area contributed by atoms with E-state index in [1.807, 2.05) is 0 Å². The first-order valence-corrected chi connectivity index (χ1v) is 6.95. The summed E-state index contributed by atoms with van der Waals surface area (Å²) in [5.74, 6) is 0.664. The molecule has 1 fully saturated rings. The maximum absolute atomic E-state index is 11.7. The molecule has 0 spiro atoms. The van der Waals surface area contributed by atoms with Gasteiger partial charge in [0.25, 0.3) is 0 Å². The van der Waals surface area contributed by atoms with E-state index in [1.165, 1.54) is 0 Å². The molecule has 5 nitrogen and oxygen atoms in total. The molecule has 0 atom stereocenters. The topological polar surface area (TPSA) is 58.6 Å². The van der Waals surface area contributed by atoms with E-state index in [2.05, 4.69) is 5.32 Å². The van der Waals surface area contributed by atoms with Gasteiger partial charge in [0.1, 0.15) is 0 Å². The van der Waals surface area contributed by atoms with Crippen LogP contribution in [0, 0.1) is 0 Å². The third kappa shape index (κ3) is 6.21. The standard InChI is InChI=1S/C12H21ClN2O3/c13-5-2-1-3-11(16)14-6-4-12(17)15-7-9-18-10-8-15/h1-10H2,(H,14,16). The van der Waals surface area contributed by atoms with Gasteiger partial charge in [0.15, 0.2) is 0 Å². The van der Waals surface area contributed by atoms with Crippen molar-refractivity contribution >= 4 is 23.4 Å². The number of morpholine rings is 1. The van der Waals surface area contributed by atoms with E-state index in [1.54, 1.807) is 4.90 Å². The number of unbranched alkanes of at least 4 members (excludes halogenated alkanes) is 1. The van der Waals surface area contributed by atoms with Crippen molar-refractivity contribution in [2.75, 3.05) is 38.7 Å². The second-order valence-electron chi connectivity index (χ2n) is 4.24. The Hall–Kier alpha value is -0.810. The van der Waals surface area contributed by atoms with E-state index < -0.39 is 0 Å². The molecule has 0 aromatic heterocycles. The SMILES string of the molecule is O=C(CCCCCl)NCCC(=O)N1CCOCC1. The highest BCUT2D eigenvalue weighted by atomic mass is 35.5. The molecule has 6 heteroatoms. The summed E-state index contributed by atoms with van der Waals surface area (Å²) in [6.45, 7) is 2.94. The molecule has 18 heavy (non-hydrogen) atoms. The van der Waals surface area contributed by atoms with Crippen molar-refractivity contribution in [1.29, 1.82) is 0 Å². The highest BCUT2D eigenvalue weighted by molar-refractivity contribution is 6.17. The summed E-state index contributed by atoms with van der Waals surface area (Å²) >= 11 is 5.52. The largest absolute Gasteiger partial charge is 0.378 e. The molecule has 0 aromatic carbocycles. The fourth-order valence-corrected chi connectivity index (χ4v) is 1.94. The first-order chi connectivity index (χ1) is 8.74. The van der Waals surface area contributed by atoms with Gasteiger partial charge >= 0.3 is 0 Å². The van der Waals surface area contributed by atoms with Crippen LogP contribution in [-0.2, 0) is 14.3 Å². The predicted molar refractivity (Wildman–Crippen MR) is 69.6 cm³/mol. The highest BCUT2D eigenvalue weighted by Gasteiger charge is 2.16. The first kappa shape index (κ1) is 15.2. The van der Waals surface area contributed by atoms with Gasteiger partial charge in [0, 0.05) is 38.4 Å². The quantitative estimate of drug-likeness (QED) is 0.552. The summed E-state index contributed by atoms with van der Waals surface area (Å²) in [6.07, 6.45) is 2.49. The lowest BCUT2D eigenvalue weighted by Crippen LogP contribution is -2.42. The highest BCUT2D eigenvalue weighted by Crippen LogP contribution is 2.00. The lowest BCUT2D eigenvalue weighted by Gasteiger charge is -2.26. The van der Waals surface area contributed by atoms with Crippen molar-refractivity contribution in [3.63, 3.8) is 0 Å². The van der Waals surface area contributed by atoms with Crippen LogP contribution in [0.2, 0.25) is 0 Å². The molecule has 0 aromatic rings. The Kier molecular flexibility index (Phi) is 7.76. The zero-order valence-electron chi connectivity index (χ0n) is 10.6. The van der Waals surface area contributed by atoms with Crippen molar-refractivity contribution in [3.05, 3.63) is 0 Å². The molecule has 1 aliphatic heterocycles. The average molecular weight is 277 g/mol. The van der Waals surface area contributed by atoms with Gasteiger partial charge in [-0.05, 0) is 12.8 Å². The Balaban J connectivity index is 2.05. The van der Waals surface area contributed by atoms with E-state index in [0.717, 1.165) is 12.8 Å².